The number of hydrogen-bond donors (Lipinski definition) is 1. The molecule has 1 rings (SSSR count). The van der Waals surface area contributed by atoms with Crippen LogP contribution in [0.3, 0.4) is 0 Å². The van der Waals surface area contributed by atoms with Gasteiger partial charge in [-0.3, -0.25) is 0 Å². The Labute approximate surface area is 111 Å². The van der Waals surface area contributed by atoms with E-state index in [1.807, 2.05) is 20.8 Å². The van der Waals surface area contributed by atoms with E-state index in [1.54, 1.807) is 0 Å². The van der Waals surface area contributed by atoms with E-state index in [0.29, 0.717) is 6.61 Å². The molecule has 0 amide bonds. The van der Waals surface area contributed by atoms with Crippen molar-refractivity contribution in [1.82, 2.24) is 4.98 Å². The number of nitrogens with zero attached hydrogens (tertiary/aromatic N) is 1. The van der Waals surface area contributed by atoms with E-state index in [4.69, 9.17) is 26.2 Å². The molecule has 5 nitrogen and oxygen atoms in total. The first-order chi connectivity index (χ1) is 8.28. The summed E-state index contributed by atoms with van der Waals surface area (Å²) in [5.41, 5.74) is -0.195. The molecule has 1 heterocycles. The Morgan fingerprint density at radius 2 is 2.06 bits per heavy atom. The van der Waals surface area contributed by atoms with Gasteiger partial charge in [-0.2, -0.15) is 0 Å². The van der Waals surface area contributed by atoms with Gasteiger partial charge in [0.25, 0.3) is 0 Å². The summed E-state index contributed by atoms with van der Waals surface area (Å²) in [5.74, 6) is -0.896. The van der Waals surface area contributed by atoms with E-state index in [1.165, 1.54) is 12.1 Å². The Balaban J connectivity index is 2.55. The fourth-order valence-corrected chi connectivity index (χ4v) is 1.37. The molecule has 0 atom stereocenters. The van der Waals surface area contributed by atoms with Crippen LogP contribution < -0.4 is 4.74 Å². The van der Waals surface area contributed by atoms with Crippen molar-refractivity contribution in [2.45, 2.75) is 26.4 Å². The Hall–Kier alpha value is -1.33. The molecule has 1 N–H and O–H groups in total. The number of aromatic nitrogens is 1. The first-order valence-corrected chi connectivity index (χ1v) is 5.83. The second-order valence-electron chi connectivity index (χ2n) is 4.63. The van der Waals surface area contributed by atoms with Gasteiger partial charge in [-0.05, 0) is 26.8 Å². The Kier molecular flexibility index (Phi) is 4.93. The van der Waals surface area contributed by atoms with Gasteiger partial charge in [0.2, 0.25) is 5.88 Å². The Bertz CT molecular complexity index is 429. The van der Waals surface area contributed by atoms with Crippen LogP contribution in [-0.4, -0.2) is 34.9 Å². The highest BCUT2D eigenvalue weighted by Crippen LogP contribution is 2.16. The van der Waals surface area contributed by atoms with Crippen molar-refractivity contribution in [2.75, 3.05) is 13.2 Å². The van der Waals surface area contributed by atoms with E-state index in [9.17, 15) is 4.79 Å². The summed E-state index contributed by atoms with van der Waals surface area (Å²) in [6, 6.07) is 2.59. The van der Waals surface area contributed by atoms with Gasteiger partial charge in [0.15, 0.2) is 0 Å². The molecule has 6 heteroatoms. The van der Waals surface area contributed by atoms with E-state index in [2.05, 4.69) is 4.98 Å². The third-order valence-corrected chi connectivity index (χ3v) is 2.08. The predicted octanol–water partition coefficient (Wildman–Crippen LogP) is 2.63. The zero-order valence-electron chi connectivity index (χ0n) is 10.6. The number of rotatable bonds is 5. The number of carboxylic acids is 1. The van der Waals surface area contributed by atoms with Crippen molar-refractivity contribution < 1.29 is 19.4 Å². The lowest BCUT2D eigenvalue weighted by molar-refractivity contribution is -0.0168. The predicted molar refractivity (Wildman–Crippen MR) is 67.4 cm³/mol. The van der Waals surface area contributed by atoms with Crippen molar-refractivity contribution in [3.63, 3.8) is 0 Å². The molecule has 0 spiro atoms. The van der Waals surface area contributed by atoms with Crippen molar-refractivity contribution >= 4 is 17.6 Å². The van der Waals surface area contributed by atoms with Gasteiger partial charge in [-0.25, -0.2) is 9.78 Å². The number of aromatic carboxylic acids is 1. The topological polar surface area (TPSA) is 68.7 Å². The quantitative estimate of drug-likeness (QED) is 0.660. The van der Waals surface area contributed by atoms with Gasteiger partial charge in [-0.1, -0.05) is 11.6 Å². The maximum atomic E-state index is 10.8. The van der Waals surface area contributed by atoms with Crippen LogP contribution in [0.5, 0.6) is 5.88 Å². The first kappa shape index (κ1) is 14.7. The first-order valence-electron chi connectivity index (χ1n) is 5.45. The smallest absolute Gasteiger partial charge is 0.335 e. The van der Waals surface area contributed by atoms with Gasteiger partial charge in [0.1, 0.15) is 11.8 Å². The van der Waals surface area contributed by atoms with Crippen LogP contribution in [0.2, 0.25) is 5.15 Å². The van der Waals surface area contributed by atoms with Crippen molar-refractivity contribution in [2.24, 2.45) is 0 Å². The molecule has 0 saturated carbocycles. The van der Waals surface area contributed by atoms with Crippen molar-refractivity contribution in [3.8, 4) is 5.88 Å². The lowest BCUT2D eigenvalue weighted by Crippen LogP contribution is -2.22. The third kappa shape index (κ3) is 5.33. The molecule has 1 aromatic rings. The summed E-state index contributed by atoms with van der Waals surface area (Å²) >= 11 is 5.69. The minimum atomic E-state index is -1.07. The van der Waals surface area contributed by atoms with E-state index in [-0.39, 0.29) is 28.8 Å². The number of hydrogen-bond acceptors (Lipinski definition) is 4. The molecule has 0 bridgehead atoms. The van der Waals surface area contributed by atoms with E-state index in [0.717, 1.165) is 0 Å². The number of pyridine rings is 1. The summed E-state index contributed by atoms with van der Waals surface area (Å²) in [4.78, 5) is 14.7. The van der Waals surface area contributed by atoms with E-state index >= 15 is 0 Å². The minimum absolute atomic E-state index is 0.0433. The van der Waals surface area contributed by atoms with Gasteiger partial charge < -0.3 is 14.6 Å². The monoisotopic (exact) mass is 273 g/mol. The maximum absolute atomic E-state index is 10.8. The molecule has 0 aliphatic carbocycles. The van der Waals surface area contributed by atoms with Crippen LogP contribution in [0.1, 0.15) is 31.1 Å². The molecule has 0 saturated heterocycles. The molecule has 18 heavy (non-hydrogen) atoms. The van der Waals surface area contributed by atoms with Gasteiger partial charge in [-0.15, -0.1) is 0 Å². The average molecular weight is 274 g/mol. The van der Waals surface area contributed by atoms with Gasteiger partial charge in [0, 0.05) is 6.07 Å². The molecule has 0 aliphatic heterocycles. The Morgan fingerprint density at radius 3 is 2.61 bits per heavy atom. The molecule has 0 aliphatic rings. The standard InChI is InChI=1S/C12H16ClNO4/c1-12(2,3)18-5-4-17-10-7-8(11(15)16)6-9(13)14-10/h6-7H,4-5H2,1-3H3,(H,15,16). The van der Waals surface area contributed by atoms with Crippen LogP contribution in [-0.2, 0) is 4.74 Å². The molecule has 0 aromatic carbocycles. The third-order valence-electron chi connectivity index (χ3n) is 1.89. The zero-order valence-corrected chi connectivity index (χ0v) is 11.3. The summed E-state index contributed by atoms with van der Waals surface area (Å²) < 4.78 is 10.7. The zero-order chi connectivity index (χ0) is 13.8. The number of ether oxygens (including phenoxy) is 2. The number of carboxylic acid groups (broad SMARTS) is 1. The molecule has 0 unspecified atom stereocenters. The average Bonchev–Trinajstić information content (AvgIpc) is 2.22. The van der Waals surface area contributed by atoms with Crippen LogP contribution in [0.25, 0.3) is 0 Å². The van der Waals surface area contributed by atoms with Gasteiger partial charge >= 0.3 is 5.97 Å². The lowest BCUT2D eigenvalue weighted by Gasteiger charge is -2.19. The molecular weight excluding hydrogens is 258 g/mol. The molecule has 1 aromatic heterocycles. The number of carbonyl (C=O) groups is 1. The molecule has 0 radical (unpaired) electrons. The summed E-state index contributed by atoms with van der Waals surface area (Å²) in [5, 5.41) is 8.93. The van der Waals surface area contributed by atoms with E-state index < -0.39 is 5.97 Å². The van der Waals surface area contributed by atoms with Crippen LogP contribution in [0.4, 0.5) is 0 Å². The highest BCUT2D eigenvalue weighted by molar-refractivity contribution is 6.29. The minimum Gasteiger partial charge on any atom is -0.478 e. The maximum Gasteiger partial charge on any atom is 0.335 e. The second kappa shape index (κ2) is 6.02. The highest BCUT2D eigenvalue weighted by Gasteiger charge is 2.11. The van der Waals surface area contributed by atoms with Gasteiger partial charge in [0.05, 0.1) is 17.8 Å². The molecule has 100 valence electrons. The molecule has 0 fully saturated rings. The van der Waals surface area contributed by atoms with Crippen LogP contribution >= 0.6 is 11.6 Å². The second-order valence-corrected chi connectivity index (χ2v) is 5.02. The summed E-state index contributed by atoms with van der Waals surface area (Å²) in [6.07, 6.45) is 0. The molecular formula is C12H16ClNO4. The SMILES string of the molecule is CC(C)(C)OCCOc1cc(C(=O)O)cc(Cl)n1. The normalized spacial score (nSPS) is 11.3. The van der Waals surface area contributed by atoms with Crippen LogP contribution in [0.15, 0.2) is 12.1 Å². The summed E-state index contributed by atoms with van der Waals surface area (Å²) in [7, 11) is 0. The lowest BCUT2D eigenvalue weighted by atomic mass is 10.2. The number of halogens is 1. The van der Waals surface area contributed by atoms with Crippen LogP contribution in [0, 0.1) is 0 Å². The fraction of sp³-hybridized carbons (Fsp3) is 0.500. The fourth-order valence-electron chi connectivity index (χ4n) is 1.16. The largest absolute Gasteiger partial charge is 0.478 e. The van der Waals surface area contributed by atoms with Crippen molar-refractivity contribution in [1.29, 1.82) is 0 Å². The Morgan fingerprint density at radius 1 is 1.39 bits per heavy atom. The van der Waals surface area contributed by atoms with Crippen molar-refractivity contribution in [3.05, 3.63) is 22.8 Å². The summed E-state index contributed by atoms with van der Waals surface area (Å²) in [6.45, 7) is 6.48. The highest BCUT2D eigenvalue weighted by atomic mass is 35.5.